The van der Waals surface area contributed by atoms with Gasteiger partial charge in [-0.3, -0.25) is 9.59 Å². The molecule has 1 aromatic carbocycles. The molecule has 0 saturated carbocycles. The monoisotopic (exact) mass is 317 g/mol. The van der Waals surface area contributed by atoms with E-state index in [0.29, 0.717) is 19.4 Å². The lowest BCUT2D eigenvalue weighted by Gasteiger charge is -2.25. The molecule has 1 heterocycles. The molecule has 126 valence electrons. The average Bonchev–Trinajstić information content (AvgIpc) is 2.87. The fourth-order valence-electron chi connectivity index (χ4n) is 3.05. The molecule has 1 aliphatic heterocycles. The normalized spacial score (nSPS) is 19.8. The second-order valence-electron chi connectivity index (χ2n) is 7.60. The molecule has 0 spiro atoms. The number of methoxy groups -OCH3 is 1. The van der Waals surface area contributed by atoms with E-state index in [2.05, 4.69) is 20.8 Å². The molecule has 0 radical (unpaired) electrons. The Labute approximate surface area is 138 Å². The lowest BCUT2D eigenvalue weighted by molar-refractivity contribution is -0.130. The smallest absolute Gasteiger partial charge is 0.223 e. The van der Waals surface area contributed by atoms with Gasteiger partial charge in [0.1, 0.15) is 11.5 Å². The molecule has 2 rings (SSSR count). The topological polar surface area (TPSA) is 46.6 Å². The van der Waals surface area contributed by atoms with Crippen LogP contribution in [0.2, 0.25) is 0 Å². The van der Waals surface area contributed by atoms with E-state index in [1.54, 1.807) is 7.11 Å². The number of nitrogens with zero attached hydrogens (tertiary/aromatic N) is 1. The zero-order valence-corrected chi connectivity index (χ0v) is 14.8. The predicted molar refractivity (Wildman–Crippen MR) is 90.3 cm³/mol. The Balaban J connectivity index is 2.05. The highest BCUT2D eigenvalue weighted by atomic mass is 16.5. The first-order chi connectivity index (χ1) is 10.7. The fraction of sp³-hybridized carbons (Fsp3) is 0.579. The summed E-state index contributed by atoms with van der Waals surface area (Å²) < 4.78 is 5.17. The molecular formula is C19H27NO3. The molecule has 4 nitrogen and oxygen atoms in total. The molecular weight excluding hydrogens is 290 g/mol. The minimum absolute atomic E-state index is 0.0270. The first kappa shape index (κ1) is 17.5. The van der Waals surface area contributed by atoms with E-state index in [0.717, 1.165) is 11.3 Å². The van der Waals surface area contributed by atoms with Crippen molar-refractivity contribution in [2.45, 2.75) is 46.6 Å². The van der Waals surface area contributed by atoms with Gasteiger partial charge in [-0.25, -0.2) is 0 Å². The molecule has 1 amide bonds. The number of benzene rings is 1. The van der Waals surface area contributed by atoms with Crippen LogP contribution in [0, 0.1) is 11.3 Å². The highest BCUT2D eigenvalue weighted by Crippen LogP contribution is 2.32. The Morgan fingerprint density at radius 2 is 1.91 bits per heavy atom. The van der Waals surface area contributed by atoms with Gasteiger partial charge in [-0.15, -0.1) is 0 Å². The summed E-state index contributed by atoms with van der Waals surface area (Å²) in [5.41, 5.74) is 1.03. The van der Waals surface area contributed by atoms with Gasteiger partial charge in [-0.05, 0) is 30.0 Å². The van der Waals surface area contributed by atoms with E-state index in [9.17, 15) is 9.59 Å². The summed E-state index contributed by atoms with van der Waals surface area (Å²) in [6.45, 7) is 8.70. The van der Waals surface area contributed by atoms with Crippen molar-refractivity contribution in [3.8, 4) is 5.75 Å². The van der Waals surface area contributed by atoms with Gasteiger partial charge in [0.2, 0.25) is 5.91 Å². The molecule has 1 unspecified atom stereocenters. The number of hydrogen-bond acceptors (Lipinski definition) is 3. The molecule has 0 N–H and O–H groups in total. The summed E-state index contributed by atoms with van der Waals surface area (Å²) in [4.78, 5) is 26.6. The summed E-state index contributed by atoms with van der Waals surface area (Å²) in [5, 5.41) is 0. The van der Waals surface area contributed by atoms with Crippen molar-refractivity contribution in [2.75, 3.05) is 13.7 Å². The highest BCUT2D eigenvalue weighted by Gasteiger charge is 2.37. The van der Waals surface area contributed by atoms with Crippen LogP contribution in [0.25, 0.3) is 0 Å². The second-order valence-corrected chi connectivity index (χ2v) is 7.60. The molecule has 2 atom stereocenters. The van der Waals surface area contributed by atoms with Crippen molar-refractivity contribution in [2.24, 2.45) is 11.3 Å². The van der Waals surface area contributed by atoms with Crippen LogP contribution in [0.5, 0.6) is 5.75 Å². The van der Waals surface area contributed by atoms with Crippen LogP contribution >= 0.6 is 0 Å². The molecule has 1 fully saturated rings. The number of ether oxygens (including phenoxy) is 1. The Bertz CT molecular complexity index is 571. The highest BCUT2D eigenvalue weighted by molar-refractivity contribution is 5.90. The molecule has 1 aliphatic rings. The van der Waals surface area contributed by atoms with E-state index >= 15 is 0 Å². The van der Waals surface area contributed by atoms with Crippen LogP contribution in [0.4, 0.5) is 0 Å². The van der Waals surface area contributed by atoms with Crippen molar-refractivity contribution in [1.29, 1.82) is 0 Å². The van der Waals surface area contributed by atoms with Gasteiger partial charge in [-0.2, -0.15) is 0 Å². The number of amides is 1. The maximum Gasteiger partial charge on any atom is 0.223 e. The van der Waals surface area contributed by atoms with Gasteiger partial charge in [0.05, 0.1) is 13.2 Å². The number of likely N-dealkylation sites (tertiary alicyclic amines) is 1. The minimum Gasteiger partial charge on any atom is -0.497 e. The van der Waals surface area contributed by atoms with E-state index in [1.807, 2.05) is 36.1 Å². The van der Waals surface area contributed by atoms with Gasteiger partial charge >= 0.3 is 0 Å². The fourth-order valence-corrected chi connectivity index (χ4v) is 3.05. The summed E-state index contributed by atoms with van der Waals surface area (Å²) in [7, 11) is 1.63. The Hall–Kier alpha value is -1.84. The zero-order chi connectivity index (χ0) is 17.2. The number of rotatable bonds is 5. The van der Waals surface area contributed by atoms with Crippen molar-refractivity contribution in [3.05, 3.63) is 29.8 Å². The van der Waals surface area contributed by atoms with Crippen LogP contribution in [0.15, 0.2) is 24.3 Å². The molecule has 0 aromatic heterocycles. The first-order valence-electron chi connectivity index (χ1n) is 8.17. The Morgan fingerprint density at radius 1 is 1.30 bits per heavy atom. The van der Waals surface area contributed by atoms with Crippen LogP contribution in [-0.2, 0) is 9.59 Å². The van der Waals surface area contributed by atoms with E-state index in [4.69, 9.17) is 4.74 Å². The van der Waals surface area contributed by atoms with Crippen LogP contribution in [0.1, 0.15) is 52.1 Å². The lowest BCUT2D eigenvalue weighted by atomic mass is 9.85. The van der Waals surface area contributed by atoms with Crippen molar-refractivity contribution in [1.82, 2.24) is 4.90 Å². The van der Waals surface area contributed by atoms with E-state index < -0.39 is 0 Å². The average molecular weight is 317 g/mol. The molecule has 23 heavy (non-hydrogen) atoms. The standard InChI is InChI=1S/C19H27NO3/c1-13(14-6-8-16(23-5)9-7-14)20-12-15(10-18(20)22)17(21)11-19(2,3)4/h6-9,13,15H,10-12H2,1-5H3/t13-,15?/m0/s1. The summed E-state index contributed by atoms with van der Waals surface area (Å²) >= 11 is 0. The predicted octanol–water partition coefficient (Wildman–Crippen LogP) is 3.61. The molecule has 0 aliphatic carbocycles. The summed E-state index contributed by atoms with van der Waals surface area (Å²) in [5.74, 6) is 0.908. The van der Waals surface area contributed by atoms with Crippen LogP contribution in [-0.4, -0.2) is 30.2 Å². The van der Waals surface area contributed by atoms with Crippen LogP contribution in [0.3, 0.4) is 0 Å². The third-order valence-corrected chi connectivity index (χ3v) is 4.38. The third kappa shape index (κ3) is 4.34. The number of hydrogen-bond donors (Lipinski definition) is 0. The van der Waals surface area contributed by atoms with E-state index in [1.165, 1.54) is 0 Å². The third-order valence-electron chi connectivity index (χ3n) is 4.38. The van der Waals surface area contributed by atoms with Crippen molar-refractivity contribution >= 4 is 11.7 Å². The van der Waals surface area contributed by atoms with Crippen molar-refractivity contribution in [3.63, 3.8) is 0 Å². The van der Waals surface area contributed by atoms with Gasteiger partial charge in [0.15, 0.2) is 0 Å². The van der Waals surface area contributed by atoms with Crippen LogP contribution < -0.4 is 4.74 Å². The van der Waals surface area contributed by atoms with Gasteiger partial charge in [0, 0.05) is 25.3 Å². The number of Topliss-reactive ketones (excluding diaryl/α,β-unsaturated/α-hetero) is 1. The second kappa shape index (κ2) is 6.73. The van der Waals surface area contributed by atoms with Gasteiger partial charge < -0.3 is 9.64 Å². The zero-order valence-electron chi connectivity index (χ0n) is 14.8. The molecule has 4 heteroatoms. The SMILES string of the molecule is COc1ccc([C@H](C)N2CC(C(=O)CC(C)(C)C)CC2=O)cc1. The van der Waals surface area contributed by atoms with Gasteiger partial charge in [0.25, 0.3) is 0 Å². The molecule has 1 saturated heterocycles. The molecule has 1 aromatic rings. The quantitative estimate of drug-likeness (QED) is 0.833. The number of ketones is 1. The number of carbonyl (C=O) groups excluding carboxylic acids is 2. The number of carbonyl (C=O) groups is 2. The molecule has 0 bridgehead atoms. The Kier molecular flexibility index (Phi) is 5.12. The Morgan fingerprint density at radius 3 is 2.43 bits per heavy atom. The van der Waals surface area contributed by atoms with Gasteiger partial charge in [-0.1, -0.05) is 32.9 Å². The maximum absolute atomic E-state index is 12.4. The largest absolute Gasteiger partial charge is 0.497 e. The maximum atomic E-state index is 12.4. The van der Waals surface area contributed by atoms with Crippen molar-refractivity contribution < 1.29 is 14.3 Å². The van der Waals surface area contributed by atoms with E-state index in [-0.39, 0.29) is 29.1 Å². The first-order valence-corrected chi connectivity index (χ1v) is 8.17. The minimum atomic E-state index is -0.164. The summed E-state index contributed by atoms with van der Waals surface area (Å²) in [6.07, 6.45) is 0.866. The lowest BCUT2D eigenvalue weighted by Crippen LogP contribution is -2.30. The summed E-state index contributed by atoms with van der Waals surface area (Å²) in [6, 6.07) is 7.71.